The largest absolute Gasteiger partial charge is 0.460 e. The van der Waals surface area contributed by atoms with E-state index in [2.05, 4.69) is 29.8 Å². The molecule has 0 saturated carbocycles. The third-order valence-electron chi connectivity index (χ3n) is 4.99. The minimum atomic E-state index is -1.04. The summed E-state index contributed by atoms with van der Waals surface area (Å²) in [5.41, 5.74) is 4.65. The van der Waals surface area contributed by atoms with Crippen LogP contribution in [-0.4, -0.2) is 34.0 Å². The van der Waals surface area contributed by atoms with Gasteiger partial charge in [-0.2, -0.15) is 0 Å². The van der Waals surface area contributed by atoms with E-state index in [1.165, 1.54) is 0 Å². The van der Waals surface area contributed by atoms with E-state index in [4.69, 9.17) is 4.74 Å². The van der Waals surface area contributed by atoms with Gasteiger partial charge in [-0.3, -0.25) is 0 Å². The van der Waals surface area contributed by atoms with Gasteiger partial charge in [0.1, 0.15) is 11.6 Å². The van der Waals surface area contributed by atoms with E-state index >= 15 is 0 Å². The molecule has 1 aliphatic heterocycles. The van der Waals surface area contributed by atoms with Crippen LogP contribution in [0.2, 0.25) is 0 Å². The quantitative estimate of drug-likeness (QED) is 0.781. The van der Waals surface area contributed by atoms with Crippen LogP contribution in [0.4, 0.5) is 5.69 Å². The van der Waals surface area contributed by atoms with E-state index in [-0.39, 0.29) is 0 Å². The summed E-state index contributed by atoms with van der Waals surface area (Å²) in [4.78, 5) is 6.93. The van der Waals surface area contributed by atoms with Gasteiger partial charge in [-0.25, -0.2) is 4.98 Å². The Balaban J connectivity index is 1.78. The minimum Gasteiger partial charge on any atom is -0.460 e. The van der Waals surface area contributed by atoms with Crippen molar-refractivity contribution in [2.45, 2.75) is 20.1 Å². The lowest BCUT2D eigenvalue weighted by Gasteiger charge is -2.26. The first kappa shape index (κ1) is 16.7. The molecule has 134 valence electrons. The highest BCUT2D eigenvalue weighted by Crippen LogP contribution is 2.36. The Hall–Kier alpha value is -2.79. The lowest BCUT2D eigenvalue weighted by atomic mass is 10.0. The van der Waals surface area contributed by atoms with Gasteiger partial charge in [0, 0.05) is 37.5 Å². The third-order valence-corrected chi connectivity index (χ3v) is 4.99. The van der Waals surface area contributed by atoms with Crippen LogP contribution in [0, 0.1) is 0 Å². The van der Waals surface area contributed by atoms with Gasteiger partial charge < -0.3 is 19.3 Å². The number of para-hydroxylation sites is 2. The summed E-state index contributed by atoms with van der Waals surface area (Å²) >= 11 is 0. The number of aryl methyl sites for hydroxylation is 1. The second-order valence-electron chi connectivity index (χ2n) is 6.45. The van der Waals surface area contributed by atoms with E-state index in [0.717, 1.165) is 41.2 Å². The SMILES string of the molecule is CCN(CC)c1ccc2c(c1)OC(O)C(c1nc3ccccc3n1C)=C2. The molecule has 4 rings (SSSR count). The Kier molecular flexibility index (Phi) is 4.17. The fourth-order valence-electron chi connectivity index (χ4n) is 3.53. The van der Waals surface area contributed by atoms with E-state index in [1.807, 2.05) is 54.1 Å². The Labute approximate surface area is 153 Å². The number of anilines is 1. The van der Waals surface area contributed by atoms with Crippen molar-refractivity contribution in [2.75, 3.05) is 18.0 Å². The van der Waals surface area contributed by atoms with Crippen molar-refractivity contribution >= 4 is 28.4 Å². The topological polar surface area (TPSA) is 50.5 Å². The number of imidazole rings is 1. The van der Waals surface area contributed by atoms with Crippen molar-refractivity contribution < 1.29 is 9.84 Å². The van der Waals surface area contributed by atoms with E-state index in [0.29, 0.717) is 11.3 Å². The smallest absolute Gasteiger partial charge is 0.227 e. The number of hydrogen-bond donors (Lipinski definition) is 1. The number of benzene rings is 2. The number of rotatable bonds is 4. The van der Waals surface area contributed by atoms with Crippen molar-refractivity contribution in [2.24, 2.45) is 7.05 Å². The van der Waals surface area contributed by atoms with Crippen molar-refractivity contribution in [3.63, 3.8) is 0 Å². The average molecular weight is 349 g/mol. The lowest BCUT2D eigenvalue weighted by molar-refractivity contribution is 0.0314. The van der Waals surface area contributed by atoms with Gasteiger partial charge in [0.25, 0.3) is 0 Å². The summed E-state index contributed by atoms with van der Waals surface area (Å²) in [5.74, 6) is 1.42. The maximum absolute atomic E-state index is 10.6. The second-order valence-corrected chi connectivity index (χ2v) is 6.45. The van der Waals surface area contributed by atoms with Gasteiger partial charge in [0.05, 0.1) is 16.6 Å². The summed E-state index contributed by atoms with van der Waals surface area (Å²) in [6.45, 7) is 6.11. The number of fused-ring (bicyclic) bond motifs is 2. The molecule has 0 fully saturated rings. The number of aromatic nitrogens is 2. The van der Waals surface area contributed by atoms with Crippen LogP contribution in [0.3, 0.4) is 0 Å². The van der Waals surface area contributed by atoms with E-state index < -0.39 is 6.29 Å². The van der Waals surface area contributed by atoms with Crippen LogP contribution < -0.4 is 9.64 Å². The first-order valence-corrected chi connectivity index (χ1v) is 8.99. The highest BCUT2D eigenvalue weighted by Gasteiger charge is 2.26. The molecule has 1 aromatic heterocycles. The third kappa shape index (κ3) is 2.65. The molecular formula is C21H23N3O2. The van der Waals surface area contributed by atoms with E-state index in [1.54, 1.807) is 0 Å². The van der Waals surface area contributed by atoms with Gasteiger partial charge >= 0.3 is 0 Å². The Morgan fingerprint density at radius 1 is 1.15 bits per heavy atom. The number of ether oxygens (including phenoxy) is 1. The summed E-state index contributed by atoms with van der Waals surface area (Å²) in [6, 6.07) is 14.1. The predicted molar refractivity (Wildman–Crippen MR) is 105 cm³/mol. The first-order chi connectivity index (χ1) is 12.6. The van der Waals surface area contributed by atoms with Gasteiger partial charge in [-0.05, 0) is 44.2 Å². The fourth-order valence-corrected chi connectivity index (χ4v) is 3.53. The highest BCUT2D eigenvalue weighted by molar-refractivity contribution is 5.88. The molecule has 1 atom stereocenters. The molecular weight excluding hydrogens is 326 g/mol. The monoisotopic (exact) mass is 349 g/mol. The molecule has 0 spiro atoms. The lowest BCUT2D eigenvalue weighted by Crippen LogP contribution is -2.24. The molecule has 5 nitrogen and oxygen atoms in total. The van der Waals surface area contributed by atoms with Crippen molar-refractivity contribution in [3.05, 3.63) is 53.9 Å². The zero-order valence-corrected chi connectivity index (χ0v) is 15.3. The number of hydrogen-bond acceptors (Lipinski definition) is 4. The summed E-state index contributed by atoms with van der Waals surface area (Å²) < 4.78 is 7.83. The van der Waals surface area contributed by atoms with Crippen LogP contribution in [0.1, 0.15) is 25.2 Å². The first-order valence-electron chi connectivity index (χ1n) is 8.99. The molecule has 0 saturated heterocycles. The molecule has 1 unspecified atom stereocenters. The minimum absolute atomic E-state index is 0.673. The van der Waals surface area contributed by atoms with Crippen LogP contribution >= 0.6 is 0 Å². The van der Waals surface area contributed by atoms with Gasteiger partial charge in [-0.1, -0.05) is 12.1 Å². The molecule has 0 amide bonds. The molecule has 1 aliphatic rings. The second kappa shape index (κ2) is 6.50. The van der Waals surface area contributed by atoms with Crippen molar-refractivity contribution in [3.8, 4) is 5.75 Å². The molecule has 0 radical (unpaired) electrons. The summed E-state index contributed by atoms with van der Waals surface area (Å²) in [5, 5.41) is 10.6. The zero-order chi connectivity index (χ0) is 18.3. The van der Waals surface area contributed by atoms with Crippen LogP contribution in [0.5, 0.6) is 5.75 Å². The summed E-state index contributed by atoms with van der Waals surface area (Å²) in [7, 11) is 1.96. The van der Waals surface area contributed by atoms with Crippen LogP contribution in [-0.2, 0) is 7.05 Å². The van der Waals surface area contributed by atoms with Gasteiger partial charge in [0.15, 0.2) is 0 Å². The molecule has 2 heterocycles. The summed E-state index contributed by atoms with van der Waals surface area (Å²) in [6.07, 6.45) is 0.932. The number of aliphatic hydroxyl groups excluding tert-OH is 1. The molecule has 0 aliphatic carbocycles. The highest BCUT2D eigenvalue weighted by atomic mass is 16.6. The standard InChI is InChI=1S/C21H23N3O2/c1-4-24(5-2)15-11-10-14-12-16(21(25)26-19(14)13-15)20-22-17-8-6-7-9-18(17)23(20)3/h6-13,21,25H,4-5H2,1-3H3. The molecule has 26 heavy (non-hydrogen) atoms. The normalized spacial score (nSPS) is 16.2. The average Bonchev–Trinajstić information content (AvgIpc) is 2.99. The van der Waals surface area contributed by atoms with Crippen LogP contribution in [0.15, 0.2) is 42.5 Å². The molecule has 2 aromatic carbocycles. The predicted octanol–water partition coefficient (Wildman–Crippen LogP) is 3.67. The Morgan fingerprint density at radius 3 is 2.65 bits per heavy atom. The van der Waals surface area contributed by atoms with Gasteiger partial charge in [-0.15, -0.1) is 0 Å². The van der Waals surface area contributed by atoms with Crippen LogP contribution in [0.25, 0.3) is 22.7 Å². The molecule has 3 aromatic rings. The fraction of sp³-hybridized carbons (Fsp3) is 0.286. The molecule has 5 heteroatoms. The Bertz CT molecular complexity index is 986. The maximum Gasteiger partial charge on any atom is 0.227 e. The molecule has 1 N–H and O–H groups in total. The molecule has 0 bridgehead atoms. The number of nitrogens with zero attached hydrogens (tertiary/aromatic N) is 3. The van der Waals surface area contributed by atoms with E-state index in [9.17, 15) is 5.11 Å². The zero-order valence-electron chi connectivity index (χ0n) is 15.3. The Morgan fingerprint density at radius 2 is 1.92 bits per heavy atom. The number of aliphatic hydroxyl groups is 1. The van der Waals surface area contributed by atoms with Gasteiger partial charge in [0.2, 0.25) is 6.29 Å². The maximum atomic E-state index is 10.6. The van der Waals surface area contributed by atoms with Crippen molar-refractivity contribution in [1.82, 2.24) is 9.55 Å². The van der Waals surface area contributed by atoms with Crippen molar-refractivity contribution in [1.29, 1.82) is 0 Å².